The standard InChI is InChI=1S/C21H18ClN3O2/c1-2-14-8-3-5-10-16(14)24-20(26)18-12-7-13-19(23-18)21(27)25-17-11-6-4-9-15(17)22/h3-13H,2H2,1H3,(H,24,26)(H,25,27). The van der Waals surface area contributed by atoms with Crippen LogP contribution in [0, 0.1) is 0 Å². The highest BCUT2D eigenvalue weighted by atomic mass is 35.5. The summed E-state index contributed by atoms with van der Waals surface area (Å²) in [5.74, 6) is -0.810. The number of hydrogen-bond donors (Lipinski definition) is 2. The topological polar surface area (TPSA) is 71.1 Å². The molecule has 136 valence electrons. The number of amides is 2. The molecule has 3 rings (SSSR count). The quantitative estimate of drug-likeness (QED) is 0.668. The molecule has 5 nitrogen and oxygen atoms in total. The Morgan fingerprint density at radius 2 is 1.37 bits per heavy atom. The molecular weight excluding hydrogens is 362 g/mol. The minimum Gasteiger partial charge on any atom is -0.320 e. The number of hydrogen-bond acceptors (Lipinski definition) is 3. The molecule has 0 atom stereocenters. The molecule has 1 aromatic heterocycles. The zero-order valence-electron chi connectivity index (χ0n) is 14.7. The molecular formula is C21H18ClN3O2. The second-order valence-corrected chi connectivity index (χ2v) is 6.21. The lowest BCUT2D eigenvalue weighted by atomic mass is 10.1. The lowest BCUT2D eigenvalue weighted by molar-refractivity contribution is 0.101. The van der Waals surface area contributed by atoms with Crippen LogP contribution in [-0.4, -0.2) is 16.8 Å². The third-order valence-corrected chi connectivity index (χ3v) is 4.31. The zero-order chi connectivity index (χ0) is 19.2. The highest BCUT2D eigenvalue weighted by molar-refractivity contribution is 6.33. The van der Waals surface area contributed by atoms with Crippen LogP contribution in [0.1, 0.15) is 33.5 Å². The van der Waals surface area contributed by atoms with E-state index in [2.05, 4.69) is 15.6 Å². The van der Waals surface area contributed by atoms with Gasteiger partial charge in [0.05, 0.1) is 10.7 Å². The van der Waals surface area contributed by atoms with Gasteiger partial charge in [0, 0.05) is 5.69 Å². The molecule has 2 aromatic carbocycles. The first-order valence-electron chi connectivity index (χ1n) is 8.50. The Kier molecular flexibility index (Phi) is 5.84. The van der Waals surface area contributed by atoms with E-state index in [1.54, 1.807) is 42.5 Å². The maximum atomic E-state index is 12.5. The maximum Gasteiger partial charge on any atom is 0.274 e. The first-order valence-corrected chi connectivity index (χ1v) is 8.88. The monoisotopic (exact) mass is 379 g/mol. The number of para-hydroxylation sites is 2. The number of aryl methyl sites for hydroxylation is 1. The van der Waals surface area contributed by atoms with Crippen molar-refractivity contribution < 1.29 is 9.59 Å². The van der Waals surface area contributed by atoms with Gasteiger partial charge in [-0.1, -0.05) is 54.9 Å². The highest BCUT2D eigenvalue weighted by Crippen LogP contribution is 2.21. The van der Waals surface area contributed by atoms with Crippen molar-refractivity contribution >= 4 is 34.8 Å². The van der Waals surface area contributed by atoms with E-state index in [1.807, 2.05) is 31.2 Å². The van der Waals surface area contributed by atoms with E-state index in [0.717, 1.165) is 17.7 Å². The fourth-order valence-electron chi connectivity index (χ4n) is 2.57. The van der Waals surface area contributed by atoms with Crippen molar-refractivity contribution in [3.8, 4) is 0 Å². The number of nitrogens with one attached hydrogen (secondary N) is 2. The van der Waals surface area contributed by atoms with Gasteiger partial charge in [-0.2, -0.15) is 0 Å². The van der Waals surface area contributed by atoms with Crippen molar-refractivity contribution in [3.05, 3.63) is 88.7 Å². The van der Waals surface area contributed by atoms with Gasteiger partial charge in [0.25, 0.3) is 11.8 Å². The predicted octanol–water partition coefficient (Wildman–Crippen LogP) is 4.80. The lowest BCUT2D eigenvalue weighted by Gasteiger charge is -2.10. The molecule has 2 N–H and O–H groups in total. The smallest absolute Gasteiger partial charge is 0.274 e. The molecule has 0 fully saturated rings. The molecule has 0 aliphatic carbocycles. The first-order chi connectivity index (χ1) is 13.1. The fraction of sp³-hybridized carbons (Fsp3) is 0.0952. The SMILES string of the molecule is CCc1ccccc1NC(=O)c1cccc(C(=O)Nc2ccccc2Cl)n1. The molecule has 0 spiro atoms. The summed E-state index contributed by atoms with van der Waals surface area (Å²) in [6.45, 7) is 2.02. The third kappa shape index (κ3) is 4.51. The minimum atomic E-state index is -0.438. The van der Waals surface area contributed by atoms with Crippen LogP contribution in [0.5, 0.6) is 0 Å². The summed E-state index contributed by atoms with van der Waals surface area (Å²) < 4.78 is 0. The molecule has 0 aliphatic heterocycles. The molecule has 0 bridgehead atoms. The summed E-state index contributed by atoms with van der Waals surface area (Å²) in [7, 11) is 0. The van der Waals surface area contributed by atoms with Gasteiger partial charge in [-0.05, 0) is 42.3 Å². The van der Waals surface area contributed by atoms with Crippen LogP contribution in [0.15, 0.2) is 66.7 Å². The molecule has 0 aliphatic rings. The van der Waals surface area contributed by atoms with E-state index in [-0.39, 0.29) is 17.3 Å². The van der Waals surface area contributed by atoms with Crippen molar-refractivity contribution in [1.29, 1.82) is 0 Å². The molecule has 0 unspecified atom stereocenters. The van der Waals surface area contributed by atoms with Crippen molar-refractivity contribution in [2.24, 2.45) is 0 Å². The van der Waals surface area contributed by atoms with E-state index < -0.39 is 5.91 Å². The van der Waals surface area contributed by atoms with Gasteiger partial charge < -0.3 is 10.6 Å². The summed E-state index contributed by atoms with van der Waals surface area (Å²) in [6.07, 6.45) is 0.796. The average Bonchev–Trinajstić information content (AvgIpc) is 2.70. The van der Waals surface area contributed by atoms with Crippen LogP contribution >= 0.6 is 11.6 Å². The van der Waals surface area contributed by atoms with Crippen molar-refractivity contribution in [2.45, 2.75) is 13.3 Å². The first kappa shape index (κ1) is 18.6. The number of carbonyl (C=O) groups is 2. The van der Waals surface area contributed by atoms with Gasteiger partial charge in [-0.15, -0.1) is 0 Å². The maximum absolute atomic E-state index is 12.5. The Bertz CT molecular complexity index is 988. The molecule has 0 saturated heterocycles. The molecule has 2 amide bonds. The number of rotatable bonds is 5. The van der Waals surface area contributed by atoms with Gasteiger partial charge in [0.15, 0.2) is 0 Å². The Labute approximate surface area is 162 Å². The number of nitrogens with zero attached hydrogens (tertiary/aromatic N) is 1. The number of aromatic nitrogens is 1. The van der Waals surface area contributed by atoms with Crippen LogP contribution < -0.4 is 10.6 Å². The van der Waals surface area contributed by atoms with E-state index in [9.17, 15) is 9.59 Å². The molecule has 0 saturated carbocycles. The molecule has 3 aromatic rings. The summed E-state index contributed by atoms with van der Waals surface area (Å²) in [4.78, 5) is 29.2. The normalized spacial score (nSPS) is 10.3. The Hall–Kier alpha value is -3.18. The van der Waals surface area contributed by atoms with Crippen LogP contribution in [0.2, 0.25) is 5.02 Å². The zero-order valence-corrected chi connectivity index (χ0v) is 15.5. The summed E-state index contributed by atoms with van der Waals surface area (Å²) in [6, 6.07) is 19.2. The van der Waals surface area contributed by atoms with Gasteiger partial charge >= 0.3 is 0 Å². The van der Waals surface area contributed by atoms with E-state index in [0.29, 0.717) is 10.7 Å². The number of benzene rings is 2. The Morgan fingerprint density at radius 3 is 2.00 bits per heavy atom. The predicted molar refractivity (Wildman–Crippen MR) is 107 cm³/mol. The number of carbonyl (C=O) groups excluding carboxylic acids is 2. The molecule has 6 heteroatoms. The molecule has 27 heavy (non-hydrogen) atoms. The second kappa shape index (κ2) is 8.47. The largest absolute Gasteiger partial charge is 0.320 e. The summed E-state index contributed by atoms with van der Waals surface area (Å²) >= 11 is 6.06. The molecule has 0 radical (unpaired) electrons. The van der Waals surface area contributed by atoms with Gasteiger partial charge in [0.1, 0.15) is 11.4 Å². The lowest BCUT2D eigenvalue weighted by Crippen LogP contribution is -2.19. The second-order valence-electron chi connectivity index (χ2n) is 5.81. The minimum absolute atomic E-state index is 0.131. The number of pyridine rings is 1. The Morgan fingerprint density at radius 1 is 0.815 bits per heavy atom. The van der Waals surface area contributed by atoms with Gasteiger partial charge in [-0.25, -0.2) is 4.98 Å². The Balaban J connectivity index is 1.77. The average molecular weight is 380 g/mol. The van der Waals surface area contributed by atoms with Gasteiger partial charge in [0.2, 0.25) is 0 Å². The van der Waals surface area contributed by atoms with E-state index in [1.165, 1.54) is 0 Å². The van der Waals surface area contributed by atoms with Crippen molar-refractivity contribution in [2.75, 3.05) is 10.6 Å². The third-order valence-electron chi connectivity index (χ3n) is 3.98. The summed E-state index contributed by atoms with van der Waals surface area (Å²) in [5, 5.41) is 5.97. The number of halogens is 1. The fourth-order valence-corrected chi connectivity index (χ4v) is 2.76. The highest BCUT2D eigenvalue weighted by Gasteiger charge is 2.14. The summed E-state index contributed by atoms with van der Waals surface area (Å²) in [5.41, 5.74) is 2.54. The van der Waals surface area contributed by atoms with Crippen LogP contribution in [-0.2, 0) is 6.42 Å². The van der Waals surface area contributed by atoms with E-state index >= 15 is 0 Å². The van der Waals surface area contributed by atoms with Crippen LogP contribution in [0.3, 0.4) is 0 Å². The van der Waals surface area contributed by atoms with E-state index in [4.69, 9.17) is 11.6 Å². The van der Waals surface area contributed by atoms with Crippen LogP contribution in [0.25, 0.3) is 0 Å². The number of anilines is 2. The van der Waals surface area contributed by atoms with Crippen molar-refractivity contribution in [3.63, 3.8) is 0 Å². The van der Waals surface area contributed by atoms with Crippen molar-refractivity contribution in [1.82, 2.24) is 4.98 Å². The molecule has 1 heterocycles. The van der Waals surface area contributed by atoms with Gasteiger partial charge in [-0.3, -0.25) is 9.59 Å². The van der Waals surface area contributed by atoms with Crippen LogP contribution in [0.4, 0.5) is 11.4 Å².